The molecule has 0 radical (unpaired) electrons. The van der Waals surface area contributed by atoms with E-state index in [2.05, 4.69) is 5.32 Å². The van der Waals surface area contributed by atoms with Crippen molar-refractivity contribution < 1.29 is 22.7 Å². The number of hydrogen-bond donors (Lipinski definition) is 1. The van der Waals surface area contributed by atoms with Crippen LogP contribution in [-0.4, -0.2) is 57.4 Å². The molecule has 1 atom stereocenters. The van der Waals surface area contributed by atoms with Gasteiger partial charge in [0.1, 0.15) is 0 Å². The minimum Gasteiger partial charge on any atom is -0.379 e. The number of aryl methyl sites for hydroxylation is 1. The van der Waals surface area contributed by atoms with Gasteiger partial charge in [-0.2, -0.15) is 4.31 Å². The van der Waals surface area contributed by atoms with Crippen LogP contribution in [0.4, 0.5) is 11.4 Å². The van der Waals surface area contributed by atoms with Crippen molar-refractivity contribution >= 4 is 33.2 Å². The Hall–Kier alpha value is -2.75. The summed E-state index contributed by atoms with van der Waals surface area (Å²) in [5, 5.41) is 2.80. The fourth-order valence-corrected chi connectivity index (χ4v) is 5.16. The molecule has 2 heterocycles. The van der Waals surface area contributed by atoms with Crippen molar-refractivity contribution in [3.05, 3.63) is 54.1 Å². The number of carbonyl (C=O) groups is 2. The number of morpholine rings is 1. The molecule has 2 aromatic carbocycles. The summed E-state index contributed by atoms with van der Waals surface area (Å²) in [5.74, 6) is -0.812. The molecule has 9 heteroatoms. The Morgan fingerprint density at radius 3 is 2.32 bits per heavy atom. The fraction of sp³-hybridized carbons (Fsp3) is 0.364. The van der Waals surface area contributed by atoms with E-state index < -0.39 is 15.9 Å². The van der Waals surface area contributed by atoms with Crippen molar-refractivity contribution in [3.63, 3.8) is 0 Å². The van der Waals surface area contributed by atoms with Crippen molar-refractivity contribution in [2.24, 2.45) is 5.92 Å². The Bertz CT molecular complexity index is 1060. The molecule has 0 aliphatic carbocycles. The Morgan fingerprint density at radius 2 is 1.68 bits per heavy atom. The zero-order valence-corrected chi connectivity index (χ0v) is 18.1. The van der Waals surface area contributed by atoms with Crippen molar-refractivity contribution in [2.75, 3.05) is 43.1 Å². The first kappa shape index (κ1) is 21.5. The molecule has 8 nitrogen and oxygen atoms in total. The zero-order valence-electron chi connectivity index (χ0n) is 17.3. The second-order valence-corrected chi connectivity index (χ2v) is 9.71. The Morgan fingerprint density at radius 1 is 1.03 bits per heavy atom. The molecule has 2 fully saturated rings. The first-order valence-electron chi connectivity index (χ1n) is 10.2. The molecule has 0 unspecified atom stereocenters. The van der Waals surface area contributed by atoms with Crippen molar-refractivity contribution in [3.8, 4) is 0 Å². The van der Waals surface area contributed by atoms with Crippen LogP contribution in [0.2, 0.25) is 0 Å². The van der Waals surface area contributed by atoms with E-state index in [1.807, 2.05) is 31.2 Å². The van der Waals surface area contributed by atoms with Crippen LogP contribution in [0.5, 0.6) is 0 Å². The molecule has 2 aliphatic heterocycles. The second-order valence-electron chi connectivity index (χ2n) is 7.77. The van der Waals surface area contributed by atoms with E-state index in [-0.39, 0.29) is 23.1 Å². The van der Waals surface area contributed by atoms with Crippen molar-refractivity contribution in [1.82, 2.24) is 4.31 Å². The molecule has 2 saturated heterocycles. The van der Waals surface area contributed by atoms with Crippen molar-refractivity contribution in [1.29, 1.82) is 0 Å². The second kappa shape index (κ2) is 8.78. The molecule has 2 aromatic rings. The molecule has 164 valence electrons. The average Bonchev–Trinajstić information content (AvgIpc) is 3.17. The molecular formula is C22H25N3O5S. The zero-order chi connectivity index (χ0) is 22.0. The topological polar surface area (TPSA) is 96.0 Å². The molecule has 0 aromatic heterocycles. The summed E-state index contributed by atoms with van der Waals surface area (Å²) in [6.45, 7) is 3.71. The average molecular weight is 444 g/mol. The van der Waals surface area contributed by atoms with Gasteiger partial charge in [0.15, 0.2) is 0 Å². The number of amides is 2. The lowest BCUT2D eigenvalue weighted by molar-refractivity contribution is -0.122. The van der Waals surface area contributed by atoms with Crippen LogP contribution < -0.4 is 10.2 Å². The normalized spacial score (nSPS) is 20.1. The molecule has 0 spiro atoms. The summed E-state index contributed by atoms with van der Waals surface area (Å²) in [6, 6.07) is 13.7. The van der Waals surface area contributed by atoms with Crippen LogP contribution in [0.1, 0.15) is 12.0 Å². The maximum absolute atomic E-state index is 12.7. The van der Waals surface area contributed by atoms with E-state index in [1.54, 1.807) is 17.0 Å². The molecule has 1 N–H and O–H groups in total. The van der Waals surface area contributed by atoms with Gasteiger partial charge in [0.25, 0.3) is 0 Å². The summed E-state index contributed by atoms with van der Waals surface area (Å²) in [7, 11) is -3.58. The predicted octanol–water partition coefficient (Wildman–Crippen LogP) is 2.01. The third-order valence-corrected chi connectivity index (χ3v) is 7.48. The number of anilines is 2. The van der Waals surface area contributed by atoms with Crippen LogP contribution in [0, 0.1) is 12.8 Å². The first-order valence-corrected chi connectivity index (χ1v) is 11.6. The van der Waals surface area contributed by atoms with Gasteiger partial charge >= 0.3 is 0 Å². The number of nitrogens with zero attached hydrogens (tertiary/aromatic N) is 2. The van der Waals surface area contributed by atoms with E-state index in [9.17, 15) is 18.0 Å². The SMILES string of the molecule is Cc1ccc(N2C[C@H](C(=O)Nc3ccc(S(=O)(=O)N4CCOCC4)cc3)CC2=O)cc1. The van der Waals surface area contributed by atoms with Gasteiger partial charge in [0, 0.05) is 37.4 Å². The van der Waals surface area contributed by atoms with E-state index >= 15 is 0 Å². The van der Waals surface area contributed by atoms with Crippen LogP contribution in [0.15, 0.2) is 53.4 Å². The Balaban J connectivity index is 1.40. The Labute approximate surface area is 181 Å². The van der Waals surface area contributed by atoms with Crippen LogP contribution >= 0.6 is 0 Å². The fourth-order valence-electron chi connectivity index (χ4n) is 3.75. The number of carbonyl (C=O) groups excluding carboxylic acids is 2. The quantitative estimate of drug-likeness (QED) is 0.763. The van der Waals surface area contributed by atoms with Gasteiger partial charge in [-0.3, -0.25) is 9.59 Å². The summed E-state index contributed by atoms with van der Waals surface area (Å²) < 4.78 is 32.0. The number of rotatable bonds is 5. The number of sulfonamides is 1. The molecular weight excluding hydrogens is 418 g/mol. The molecule has 0 bridgehead atoms. The minimum atomic E-state index is -3.58. The molecule has 2 amide bonds. The van der Waals surface area contributed by atoms with Gasteiger partial charge in [-0.15, -0.1) is 0 Å². The Kier molecular flexibility index (Phi) is 6.08. The maximum Gasteiger partial charge on any atom is 0.243 e. The molecule has 0 saturated carbocycles. The van der Waals surface area contributed by atoms with Crippen LogP contribution in [0.3, 0.4) is 0 Å². The lowest BCUT2D eigenvalue weighted by atomic mass is 10.1. The molecule has 31 heavy (non-hydrogen) atoms. The highest BCUT2D eigenvalue weighted by Gasteiger charge is 2.35. The standard InChI is InChI=1S/C22H25N3O5S/c1-16-2-6-19(7-3-16)25-15-17(14-21(25)26)22(27)23-18-4-8-20(9-5-18)31(28,29)24-10-12-30-13-11-24/h2-9,17H,10-15H2,1H3,(H,23,27)/t17-/m1/s1. The molecule has 4 rings (SSSR count). The minimum absolute atomic E-state index is 0.0871. The van der Waals surface area contributed by atoms with Crippen LogP contribution in [0.25, 0.3) is 0 Å². The number of nitrogens with one attached hydrogen (secondary N) is 1. The van der Waals surface area contributed by atoms with Crippen molar-refractivity contribution in [2.45, 2.75) is 18.2 Å². The summed E-state index contributed by atoms with van der Waals surface area (Å²) in [4.78, 5) is 26.9. The van der Waals surface area contributed by atoms with Gasteiger partial charge in [0.05, 0.1) is 24.0 Å². The van der Waals surface area contributed by atoms with E-state index in [0.29, 0.717) is 38.5 Å². The van der Waals surface area contributed by atoms with E-state index in [1.165, 1.54) is 16.4 Å². The number of hydrogen-bond acceptors (Lipinski definition) is 5. The van der Waals surface area contributed by atoms with Gasteiger partial charge < -0.3 is 15.0 Å². The smallest absolute Gasteiger partial charge is 0.243 e. The number of ether oxygens (including phenoxy) is 1. The third kappa shape index (κ3) is 4.63. The summed E-state index contributed by atoms with van der Waals surface area (Å²) in [5.41, 5.74) is 2.37. The van der Waals surface area contributed by atoms with Gasteiger partial charge in [0.2, 0.25) is 21.8 Å². The first-order chi connectivity index (χ1) is 14.8. The highest BCUT2D eigenvalue weighted by atomic mass is 32.2. The van der Waals surface area contributed by atoms with Crippen LogP contribution in [-0.2, 0) is 24.3 Å². The van der Waals surface area contributed by atoms with Gasteiger partial charge in [-0.25, -0.2) is 8.42 Å². The van der Waals surface area contributed by atoms with E-state index in [4.69, 9.17) is 4.74 Å². The third-order valence-electron chi connectivity index (χ3n) is 5.57. The summed E-state index contributed by atoms with van der Waals surface area (Å²) in [6.07, 6.45) is 0.142. The summed E-state index contributed by atoms with van der Waals surface area (Å²) >= 11 is 0. The lowest BCUT2D eigenvalue weighted by Gasteiger charge is -2.26. The highest BCUT2D eigenvalue weighted by molar-refractivity contribution is 7.89. The largest absolute Gasteiger partial charge is 0.379 e. The maximum atomic E-state index is 12.7. The highest BCUT2D eigenvalue weighted by Crippen LogP contribution is 2.27. The lowest BCUT2D eigenvalue weighted by Crippen LogP contribution is -2.40. The van der Waals surface area contributed by atoms with Gasteiger partial charge in [-0.05, 0) is 43.3 Å². The predicted molar refractivity (Wildman–Crippen MR) is 116 cm³/mol. The van der Waals surface area contributed by atoms with E-state index in [0.717, 1.165) is 11.3 Å². The molecule has 2 aliphatic rings. The monoisotopic (exact) mass is 443 g/mol. The van der Waals surface area contributed by atoms with Gasteiger partial charge in [-0.1, -0.05) is 17.7 Å². The number of benzene rings is 2.